The van der Waals surface area contributed by atoms with Crippen molar-refractivity contribution < 1.29 is 4.74 Å². The Kier molecular flexibility index (Phi) is 7.15. The maximum Gasteiger partial charge on any atom is 0.119 e. The quantitative estimate of drug-likeness (QED) is 0.427. The molecule has 0 aliphatic heterocycles. The summed E-state index contributed by atoms with van der Waals surface area (Å²) in [5, 5.41) is 2.09. The van der Waals surface area contributed by atoms with E-state index in [1.54, 1.807) is 6.20 Å². The molecule has 0 spiro atoms. The lowest BCUT2D eigenvalue weighted by molar-refractivity contribution is 0.308. The fraction of sp³-hybridized carbons (Fsp3) is 0.211. The van der Waals surface area contributed by atoms with Crippen molar-refractivity contribution in [2.45, 2.75) is 17.5 Å². The molecule has 0 fully saturated rings. The molecule has 0 bridgehead atoms. The number of aromatic nitrogens is 2. The van der Waals surface area contributed by atoms with E-state index in [2.05, 4.69) is 9.55 Å². The number of hydrogen-bond donors (Lipinski definition) is 0. The van der Waals surface area contributed by atoms with Gasteiger partial charge >= 0.3 is 0 Å². The molecule has 1 heterocycles. The maximum atomic E-state index is 6.11. The van der Waals surface area contributed by atoms with Gasteiger partial charge in [0.25, 0.3) is 0 Å². The molecule has 3 nitrogen and oxygen atoms in total. The first-order valence-corrected chi connectivity index (χ1v) is 10.2. The van der Waals surface area contributed by atoms with Gasteiger partial charge in [0.05, 0.1) is 21.6 Å². The van der Waals surface area contributed by atoms with E-state index in [1.807, 2.05) is 66.8 Å². The van der Waals surface area contributed by atoms with Crippen LogP contribution in [0.5, 0.6) is 5.75 Å². The molecule has 7 heteroatoms. The van der Waals surface area contributed by atoms with Crippen molar-refractivity contribution in [3.63, 3.8) is 0 Å². The summed E-state index contributed by atoms with van der Waals surface area (Å²) in [6.07, 6.45) is 5.55. The predicted octanol–water partition coefficient (Wildman–Crippen LogP) is 6.22. The lowest BCUT2D eigenvalue weighted by atomic mass is 10.2. The Labute approximate surface area is 172 Å². The zero-order valence-corrected chi connectivity index (χ0v) is 16.9. The van der Waals surface area contributed by atoms with Crippen LogP contribution >= 0.6 is 46.6 Å². The SMILES string of the molecule is Clc1ccc(OCC(Cn2ccnc2)SCc2ccc(Cl)c(Cl)c2)cc1. The highest BCUT2D eigenvalue weighted by atomic mass is 35.5. The molecule has 0 saturated heterocycles. The van der Waals surface area contributed by atoms with Crippen molar-refractivity contribution in [1.29, 1.82) is 0 Å². The van der Waals surface area contributed by atoms with Gasteiger partial charge in [-0.25, -0.2) is 4.98 Å². The third-order valence-electron chi connectivity index (χ3n) is 3.69. The second-order valence-electron chi connectivity index (χ2n) is 5.71. The molecule has 0 aliphatic rings. The summed E-state index contributed by atoms with van der Waals surface area (Å²) >= 11 is 19.8. The van der Waals surface area contributed by atoms with Gasteiger partial charge in [-0.05, 0) is 42.0 Å². The average molecular weight is 428 g/mol. The van der Waals surface area contributed by atoms with Gasteiger partial charge in [-0.3, -0.25) is 0 Å². The van der Waals surface area contributed by atoms with E-state index in [9.17, 15) is 0 Å². The third-order valence-corrected chi connectivity index (χ3v) is 5.94. The van der Waals surface area contributed by atoms with E-state index in [1.165, 1.54) is 0 Å². The van der Waals surface area contributed by atoms with Crippen LogP contribution in [0.4, 0.5) is 0 Å². The van der Waals surface area contributed by atoms with Crippen LogP contribution in [0.1, 0.15) is 5.56 Å². The fourth-order valence-corrected chi connectivity index (χ4v) is 3.84. The van der Waals surface area contributed by atoms with Crippen LogP contribution in [0, 0.1) is 0 Å². The van der Waals surface area contributed by atoms with E-state index in [-0.39, 0.29) is 5.25 Å². The fourth-order valence-electron chi connectivity index (χ4n) is 2.35. The van der Waals surface area contributed by atoms with Gasteiger partial charge in [-0.2, -0.15) is 0 Å². The second-order valence-corrected chi connectivity index (χ2v) is 8.25. The van der Waals surface area contributed by atoms with E-state index in [0.717, 1.165) is 23.6 Å². The van der Waals surface area contributed by atoms with Crippen molar-refractivity contribution in [2.24, 2.45) is 0 Å². The lowest BCUT2D eigenvalue weighted by Crippen LogP contribution is -2.20. The Balaban J connectivity index is 1.62. The van der Waals surface area contributed by atoms with Crippen LogP contribution in [0.25, 0.3) is 0 Å². The van der Waals surface area contributed by atoms with Crippen LogP contribution in [0.15, 0.2) is 61.2 Å². The average Bonchev–Trinajstić information content (AvgIpc) is 3.14. The minimum absolute atomic E-state index is 0.245. The van der Waals surface area contributed by atoms with Gasteiger partial charge < -0.3 is 9.30 Å². The lowest BCUT2D eigenvalue weighted by Gasteiger charge is -2.18. The number of thioether (sulfide) groups is 1. The molecule has 0 saturated carbocycles. The normalized spacial score (nSPS) is 12.1. The van der Waals surface area contributed by atoms with Crippen molar-refractivity contribution in [3.05, 3.63) is 81.8 Å². The molecule has 1 atom stereocenters. The Morgan fingerprint density at radius 1 is 1.04 bits per heavy atom. The van der Waals surface area contributed by atoms with Gasteiger partial charge in [-0.1, -0.05) is 40.9 Å². The molecule has 0 N–H and O–H groups in total. The van der Waals surface area contributed by atoms with Crippen LogP contribution in [0.3, 0.4) is 0 Å². The van der Waals surface area contributed by atoms with Crippen LogP contribution < -0.4 is 4.74 Å². The molecular weight excluding hydrogens is 411 g/mol. The standard InChI is InChI=1S/C19H17Cl3N2OS/c20-15-2-4-16(5-3-15)25-11-17(10-24-8-7-23-13-24)26-12-14-1-6-18(21)19(22)9-14/h1-9,13,17H,10-12H2. The van der Waals surface area contributed by atoms with E-state index in [4.69, 9.17) is 39.5 Å². The summed E-state index contributed by atoms with van der Waals surface area (Å²) < 4.78 is 8.00. The molecule has 3 aromatic rings. The summed E-state index contributed by atoms with van der Waals surface area (Å²) in [4.78, 5) is 4.11. The number of imidazole rings is 1. The number of ether oxygens (including phenoxy) is 1. The zero-order valence-electron chi connectivity index (χ0n) is 13.8. The van der Waals surface area contributed by atoms with Gasteiger partial charge in [0.2, 0.25) is 0 Å². The molecule has 136 valence electrons. The van der Waals surface area contributed by atoms with Crippen molar-refractivity contribution >= 4 is 46.6 Å². The van der Waals surface area contributed by atoms with Gasteiger partial charge in [-0.15, -0.1) is 11.8 Å². The number of benzene rings is 2. The highest BCUT2D eigenvalue weighted by Crippen LogP contribution is 2.27. The van der Waals surface area contributed by atoms with Crippen molar-refractivity contribution in [3.8, 4) is 5.75 Å². The van der Waals surface area contributed by atoms with Gasteiger partial charge in [0.1, 0.15) is 12.4 Å². The number of halogens is 3. The molecule has 1 unspecified atom stereocenters. The number of nitrogens with zero attached hydrogens (tertiary/aromatic N) is 2. The number of rotatable bonds is 8. The van der Waals surface area contributed by atoms with Crippen LogP contribution in [0.2, 0.25) is 15.1 Å². The molecule has 0 aliphatic carbocycles. The van der Waals surface area contributed by atoms with Gasteiger partial charge in [0.15, 0.2) is 0 Å². The predicted molar refractivity (Wildman–Crippen MR) is 111 cm³/mol. The Bertz CT molecular complexity index is 825. The second kappa shape index (κ2) is 9.56. The largest absolute Gasteiger partial charge is 0.492 e. The van der Waals surface area contributed by atoms with Crippen molar-refractivity contribution in [1.82, 2.24) is 9.55 Å². The molecule has 0 radical (unpaired) electrons. The molecule has 26 heavy (non-hydrogen) atoms. The minimum Gasteiger partial charge on any atom is -0.492 e. The molecule has 2 aromatic carbocycles. The van der Waals surface area contributed by atoms with Crippen LogP contribution in [-0.4, -0.2) is 21.4 Å². The summed E-state index contributed by atoms with van der Waals surface area (Å²) in [7, 11) is 0. The Morgan fingerprint density at radius 3 is 2.54 bits per heavy atom. The summed E-state index contributed by atoms with van der Waals surface area (Å²) in [5.74, 6) is 1.63. The molecule has 1 aromatic heterocycles. The first-order chi connectivity index (χ1) is 12.6. The summed E-state index contributed by atoms with van der Waals surface area (Å²) in [6, 6.07) is 13.1. The van der Waals surface area contributed by atoms with Crippen molar-refractivity contribution in [2.75, 3.05) is 6.61 Å². The molecule has 3 rings (SSSR count). The minimum atomic E-state index is 0.245. The topological polar surface area (TPSA) is 27.1 Å². The highest BCUT2D eigenvalue weighted by molar-refractivity contribution is 7.99. The Morgan fingerprint density at radius 2 is 1.85 bits per heavy atom. The van der Waals surface area contributed by atoms with E-state index in [0.29, 0.717) is 21.7 Å². The van der Waals surface area contributed by atoms with Gasteiger partial charge in [0, 0.05) is 29.7 Å². The smallest absolute Gasteiger partial charge is 0.119 e. The first kappa shape index (κ1) is 19.4. The summed E-state index contributed by atoms with van der Waals surface area (Å²) in [6.45, 7) is 1.38. The summed E-state index contributed by atoms with van der Waals surface area (Å²) in [5.41, 5.74) is 1.13. The third kappa shape index (κ3) is 5.85. The first-order valence-electron chi connectivity index (χ1n) is 8.00. The molecule has 0 amide bonds. The maximum absolute atomic E-state index is 6.11. The number of hydrogen-bond acceptors (Lipinski definition) is 3. The monoisotopic (exact) mass is 426 g/mol. The zero-order chi connectivity index (χ0) is 18.4. The highest BCUT2D eigenvalue weighted by Gasteiger charge is 2.13. The van der Waals surface area contributed by atoms with Crippen LogP contribution in [-0.2, 0) is 12.3 Å². The van der Waals surface area contributed by atoms with E-state index < -0.39 is 0 Å². The Hall–Kier alpha value is -1.33. The molecular formula is C19H17Cl3N2OS. The van der Waals surface area contributed by atoms with E-state index >= 15 is 0 Å².